The molecule has 2 aromatic rings. The van der Waals surface area contributed by atoms with Crippen LogP contribution in [0.15, 0.2) is 48.5 Å². The summed E-state index contributed by atoms with van der Waals surface area (Å²) in [6.07, 6.45) is 0.778. The van der Waals surface area contributed by atoms with E-state index in [1.807, 2.05) is 30.3 Å². The molecule has 20 heavy (non-hydrogen) atoms. The van der Waals surface area contributed by atoms with Gasteiger partial charge in [0.05, 0.1) is 5.69 Å². The molecule has 0 aromatic heterocycles. The van der Waals surface area contributed by atoms with Crippen molar-refractivity contribution in [1.29, 1.82) is 0 Å². The van der Waals surface area contributed by atoms with E-state index in [1.165, 1.54) is 23.8 Å². The monoisotopic (exact) mass is 272 g/mol. The number of hydrogen-bond acceptors (Lipinski definition) is 2. The highest BCUT2D eigenvalue weighted by molar-refractivity contribution is 5.94. The van der Waals surface area contributed by atoms with Gasteiger partial charge < -0.3 is 10.6 Å². The van der Waals surface area contributed by atoms with Gasteiger partial charge in [-0.15, -0.1) is 0 Å². The molecule has 2 aromatic carbocycles. The highest BCUT2D eigenvalue weighted by Gasteiger charge is 2.13. The zero-order valence-electron chi connectivity index (χ0n) is 11.3. The first-order valence-corrected chi connectivity index (χ1v) is 6.42. The number of rotatable bonds is 4. The van der Waals surface area contributed by atoms with Gasteiger partial charge in [-0.25, -0.2) is 4.39 Å². The van der Waals surface area contributed by atoms with Crippen molar-refractivity contribution in [2.45, 2.75) is 6.42 Å². The minimum atomic E-state index is -0.506. The number of benzene rings is 2. The summed E-state index contributed by atoms with van der Waals surface area (Å²) in [4.78, 5) is 13.8. The minimum absolute atomic E-state index is 0.00712. The Morgan fingerprint density at radius 3 is 2.55 bits per heavy atom. The first-order valence-electron chi connectivity index (χ1n) is 6.42. The van der Waals surface area contributed by atoms with Gasteiger partial charge in [-0.3, -0.25) is 4.79 Å². The smallest absolute Gasteiger partial charge is 0.253 e. The lowest BCUT2D eigenvalue weighted by Crippen LogP contribution is -2.28. The highest BCUT2D eigenvalue weighted by atomic mass is 19.1. The maximum Gasteiger partial charge on any atom is 0.253 e. The largest absolute Gasteiger partial charge is 0.396 e. The maximum absolute atomic E-state index is 13.1. The first kappa shape index (κ1) is 14.1. The molecule has 0 heterocycles. The van der Waals surface area contributed by atoms with Gasteiger partial charge in [0.1, 0.15) is 5.82 Å². The average molecular weight is 272 g/mol. The van der Waals surface area contributed by atoms with E-state index in [0.717, 1.165) is 6.42 Å². The molecule has 3 nitrogen and oxygen atoms in total. The number of nitrogens with zero attached hydrogens (tertiary/aromatic N) is 1. The number of likely N-dealkylation sites (N-methyl/N-ethyl adjacent to an activating group) is 1. The van der Waals surface area contributed by atoms with Gasteiger partial charge in [0, 0.05) is 19.2 Å². The fourth-order valence-corrected chi connectivity index (χ4v) is 1.94. The van der Waals surface area contributed by atoms with Crippen molar-refractivity contribution in [2.75, 3.05) is 19.3 Å². The lowest BCUT2D eigenvalue weighted by molar-refractivity contribution is 0.0796. The van der Waals surface area contributed by atoms with E-state index in [4.69, 9.17) is 5.73 Å². The van der Waals surface area contributed by atoms with Gasteiger partial charge in [-0.05, 0) is 30.2 Å². The maximum atomic E-state index is 13.1. The van der Waals surface area contributed by atoms with Crippen molar-refractivity contribution in [1.82, 2.24) is 4.90 Å². The predicted molar refractivity (Wildman–Crippen MR) is 77.9 cm³/mol. The summed E-state index contributed by atoms with van der Waals surface area (Å²) >= 11 is 0. The van der Waals surface area contributed by atoms with Crippen LogP contribution in [0.3, 0.4) is 0 Å². The molecule has 1 amide bonds. The molecule has 2 rings (SSSR count). The number of carbonyl (C=O) groups excluding carboxylic acids is 1. The second kappa shape index (κ2) is 6.19. The van der Waals surface area contributed by atoms with Gasteiger partial charge in [-0.1, -0.05) is 30.3 Å². The summed E-state index contributed by atoms with van der Waals surface area (Å²) in [5.41, 5.74) is 7.05. The second-order valence-corrected chi connectivity index (χ2v) is 4.70. The van der Waals surface area contributed by atoms with Crippen LogP contribution < -0.4 is 5.73 Å². The van der Waals surface area contributed by atoms with Crippen molar-refractivity contribution in [3.63, 3.8) is 0 Å². The zero-order valence-corrected chi connectivity index (χ0v) is 11.3. The molecule has 0 aliphatic heterocycles. The summed E-state index contributed by atoms with van der Waals surface area (Å²) in [6, 6.07) is 14.0. The zero-order chi connectivity index (χ0) is 14.5. The molecule has 0 saturated heterocycles. The Morgan fingerprint density at radius 1 is 1.20 bits per heavy atom. The van der Waals surface area contributed by atoms with Gasteiger partial charge in [0.15, 0.2) is 0 Å². The SMILES string of the molecule is CN(CCc1ccccc1)C(=O)c1ccc(F)c(N)c1. The quantitative estimate of drug-likeness (QED) is 0.870. The van der Waals surface area contributed by atoms with Crippen LogP contribution in [0.5, 0.6) is 0 Å². The van der Waals surface area contributed by atoms with Crippen molar-refractivity contribution >= 4 is 11.6 Å². The molecule has 0 radical (unpaired) electrons. The van der Waals surface area contributed by atoms with Crippen molar-refractivity contribution < 1.29 is 9.18 Å². The standard InChI is InChI=1S/C16H17FN2O/c1-19(10-9-12-5-3-2-4-6-12)16(20)13-7-8-14(17)15(18)11-13/h2-8,11H,9-10,18H2,1H3. The number of nitrogens with two attached hydrogens (primary N) is 1. The van der Waals surface area contributed by atoms with E-state index in [-0.39, 0.29) is 11.6 Å². The molecule has 4 heteroatoms. The molecule has 0 unspecified atom stereocenters. The summed E-state index contributed by atoms with van der Waals surface area (Å²) in [7, 11) is 1.73. The normalized spacial score (nSPS) is 10.3. The number of hydrogen-bond donors (Lipinski definition) is 1. The Labute approximate surface area is 117 Å². The lowest BCUT2D eigenvalue weighted by Gasteiger charge is -2.17. The molecular weight excluding hydrogens is 255 g/mol. The van der Waals surface area contributed by atoms with Crippen LogP contribution in [0.4, 0.5) is 10.1 Å². The van der Waals surface area contributed by atoms with E-state index in [0.29, 0.717) is 12.1 Å². The molecule has 0 bridgehead atoms. The Hall–Kier alpha value is -2.36. The molecule has 0 saturated carbocycles. The molecular formula is C16H17FN2O. The van der Waals surface area contributed by atoms with Crippen LogP contribution >= 0.6 is 0 Å². The van der Waals surface area contributed by atoms with Crippen molar-refractivity contribution in [3.8, 4) is 0 Å². The van der Waals surface area contributed by atoms with Crippen LogP contribution in [0, 0.1) is 5.82 Å². The molecule has 0 fully saturated rings. The Bertz CT molecular complexity index is 599. The molecule has 104 valence electrons. The van der Waals surface area contributed by atoms with E-state index in [1.54, 1.807) is 11.9 Å². The second-order valence-electron chi connectivity index (χ2n) is 4.70. The fraction of sp³-hybridized carbons (Fsp3) is 0.188. The third kappa shape index (κ3) is 3.35. The number of carbonyl (C=O) groups is 1. The van der Waals surface area contributed by atoms with Gasteiger partial charge in [-0.2, -0.15) is 0 Å². The average Bonchev–Trinajstić information content (AvgIpc) is 2.48. The molecule has 0 atom stereocenters. The van der Waals surface area contributed by atoms with Gasteiger partial charge >= 0.3 is 0 Å². The minimum Gasteiger partial charge on any atom is -0.396 e. The van der Waals surface area contributed by atoms with Crippen molar-refractivity contribution in [3.05, 3.63) is 65.5 Å². The summed E-state index contributed by atoms with van der Waals surface area (Å²) in [5, 5.41) is 0. The number of nitrogen functional groups attached to an aromatic ring is 1. The topological polar surface area (TPSA) is 46.3 Å². The predicted octanol–water partition coefficient (Wildman–Crippen LogP) is 2.72. The third-order valence-corrected chi connectivity index (χ3v) is 3.17. The Balaban J connectivity index is 1.99. The fourth-order valence-electron chi connectivity index (χ4n) is 1.94. The van der Waals surface area contributed by atoms with Crippen LogP contribution in [0.2, 0.25) is 0 Å². The molecule has 0 aliphatic carbocycles. The Morgan fingerprint density at radius 2 is 1.90 bits per heavy atom. The van der Waals surface area contributed by atoms with Crippen LogP contribution in [0.25, 0.3) is 0 Å². The van der Waals surface area contributed by atoms with Crippen molar-refractivity contribution in [2.24, 2.45) is 0 Å². The van der Waals surface area contributed by atoms with Crippen LogP contribution in [-0.2, 0) is 6.42 Å². The summed E-state index contributed by atoms with van der Waals surface area (Å²) < 4.78 is 13.1. The number of anilines is 1. The molecule has 0 aliphatic rings. The third-order valence-electron chi connectivity index (χ3n) is 3.17. The lowest BCUT2D eigenvalue weighted by atomic mass is 10.1. The number of halogens is 1. The van der Waals surface area contributed by atoms with Gasteiger partial charge in [0.25, 0.3) is 5.91 Å². The van der Waals surface area contributed by atoms with E-state index < -0.39 is 5.82 Å². The van der Waals surface area contributed by atoms with E-state index in [9.17, 15) is 9.18 Å². The van der Waals surface area contributed by atoms with Crippen LogP contribution in [-0.4, -0.2) is 24.4 Å². The first-order chi connectivity index (χ1) is 9.58. The van der Waals surface area contributed by atoms with E-state index in [2.05, 4.69) is 0 Å². The van der Waals surface area contributed by atoms with Crippen LogP contribution in [0.1, 0.15) is 15.9 Å². The summed E-state index contributed by atoms with van der Waals surface area (Å²) in [6.45, 7) is 0.597. The summed E-state index contributed by atoms with van der Waals surface area (Å²) in [5.74, 6) is -0.666. The number of amides is 1. The molecule has 2 N–H and O–H groups in total. The molecule has 0 spiro atoms. The van der Waals surface area contributed by atoms with E-state index >= 15 is 0 Å². The Kier molecular flexibility index (Phi) is 4.35. The highest BCUT2D eigenvalue weighted by Crippen LogP contribution is 2.14. The van der Waals surface area contributed by atoms with Gasteiger partial charge in [0.2, 0.25) is 0 Å².